The largest absolute Gasteiger partial charge is 0.491 e. The maximum atomic E-state index is 14.7. The Morgan fingerprint density at radius 3 is 1.97 bits per heavy atom. The molecule has 4 aliphatic heterocycles. The molecule has 1 aromatic heterocycles. The maximum Gasteiger partial charge on any atom is 0.329 e. The summed E-state index contributed by atoms with van der Waals surface area (Å²) in [5, 5.41) is 36.2. The van der Waals surface area contributed by atoms with E-state index in [0.717, 1.165) is 28.7 Å². The highest BCUT2D eigenvalue weighted by molar-refractivity contribution is 7.91. The van der Waals surface area contributed by atoms with Crippen LogP contribution in [0, 0.1) is 42.4 Å². The van der Waals surface area contributed by atoms with Crippen LogP contribution in [0.1, 0.15) is 193 Å². The number of aryl methyl sites for hydroxylation is 1. The molecule has 32 heteroatoms. The average molecular weight is 1880 g/mol. The molecule has 2 bridgehead atoms. The number of fused-ring (bicyclic) bond motifs is 4. The summed E-state index contributed by atoms with van der Waals surface area (Å²) in [4.78, 5) is 90.5. The van der Waals surface area contributed by atoms with Crippen molar-refractivity contribution in [3.8, 4) is 16.9 Å². The van der Waals surface area contributed by atoms with Crippen molar-refractivity contribution in [2.45, 2.75) is 250 Å². The Hall–Kier alpha value is -7.19. The number of piperidine rings is 1. The number of methoxy groups -OCH3 is 3. The molecule has 30 nitrogen and oxygen atoms in total. The topological polar surface area (TPSA) is 381 Å². The summed E-state index contributed by atoms with van der Waals surface area (Å²) in [6, 6.07) is 12.9. The van der Waals surface area contributed by atoms with Gasteiger partial charge in [-0.05, 0) is 206 Å². The second-order valence-electron chi connectivity index (χ2n) is 35.0. The third-order valence-corrected chi connectivity index (χ3v) is 27.0. The smallest absolute Gasteiger partial charge is 0.329 e. The van der Waals surface area contributed by atoms with Crippen molar-refractivity contribution in [2.24, 2.45) is 35.5 Å². The van der Waals surface area contributed by atoms with Gasteiger partial charge in [-0.25, -0.2) is 18.2 Å². The molecule has 2 amide bonds. The van der Waals surface area contributed by atoms with E-state index in [4.69, 9.17) is 89.0 Å². The van der Waals surface area contributed by atoms with Crippen molar-refractivity contribution in [3.05, 3.63) is 119 Å². The molecule has 3 aromatic rings. The number of nitrogens with two attached hydrogens (primary N) is 1. The SMILES string of the molecule is CCOCCOCCOCCOCCC(=O)CCCS(=O)(=O)c1ccc(C(=O)N2CCOc3ccc(-c4ccc(N)nc4)cc3C2)c(C)c1.CCOCCOCCOCCOCCCC(=S)O[C@@H]1CC[C@@H](C[C@@H](C)[C@@H]2C[C@@H](O)[C@H](C)/C=C(\C)[C@@H](O)[C@@H](OC)C(=O)[C@H](C)C[C@H](C)/C=C/C=C/C=C(\C)[C@@H](OC)C[C@@H]3CC[C@@H](C)[C@@](O)(O3)C(=O)C(=O)N3CCCC[C@H]3C(=O)O2)C[C@H]1OC. The number of aromatic nitrogens is 1. The van der Waals surface area contributed by atoms with Gasteiger partial charge in [0.05, 0.1) is 127 Å². The van der Waals surface area contributed by atoms with Gasteiger partial charge in [-0.3, -0.25) is 24.0 Å². The monoisotopic (exact) mass is 1870 g/mol. The predicted octanol–water partition coefficient (Wildman–Crippen LogP) is 12.5. The zero-order valence-electron chi connectivity index (χ0n) is 79.7. The van der Waals surface area contributed by atoms with Crippen LogP contribution < -0.4 is 10.5 Å². The summed E-state index contributed by atoms with van der Waals surface area (Å²) in [6.45, 7) is 27.6. The quantitative estimate of drug-likeness (QED) is 0.0135. The lowest BCUT2D eigenvalue weighted by molar-refractivity contribution is -0.265. The van der Waals surface area contributed by atoms with Crippen LogP contribution in [0.25, 0.3) is 11.1 Å². The third kappa shape index (κ3) is 36.8. The van der Waals surface area contributed by atoms with E-state index in [-0.39, 0.29) is 103 Å². The molecule has 0 unspecified atom stereocenters. The number of pyridine rings is 1. The summed E-state index contributed by atoms with van der Waals surface area (Å²) in [5.74, 6) is -6.71. The van der Waals surface area contributed by atoms with Crippen LogP contribution >= 0.6 is 12.2 Å². The number of benzene rings is 2. The minimum Gasteiger partial charge on any atom is -0.491 e. The molecule has 5 heterocycles. The van der Waals surface area contributed by atoms with Crippen molar-refractivity contribution < 1.29 is 124 Å². The lowest BCUT2D eigenvalue weighted by Crippen LogP contribution is -2.61. The van der Waals surface area contributed by atoms with Gasteiger partial charge in [0.1, 0.15) is 54.4 Å². The Balaban J connectivity index is 0.000000406. The zero-order valence-corrected chi connectivity index (χ0v) is 81.3. The Bertz CT molecular complexity index is 4240. The van der Waals surface area contributed by atoms with E-state index in [9.17, 15) is 52.5 Å². The van der Waals surface area contributed by atoms with Gasteiger partial charge in [-0.1, -0.05) is 77.1 Å². The summed E-state index contributed by atoms with van der Waals surface area (Å²) in [6.07, 6.45) is 14.8. The summed E-state index contributed by atoms with van der Waals surface area (Å²) < 4.78 is 112. The number of ether oxygens (including phenoxy) is 15. The number of hydrogen-bond acceptors (Lipinski definition) is 29. The average Bonchev–Trinajstić information content (AvgIpc) is 0.812. The molecule has 16 atom stereocenters. The standard InChI is InChI=1S/C63H103NO17S.C36H47N3O9S/c1-12-75-29-30-77-33-34-78-32-31-76-28-18-22-56(82)79-52-26-24-48(38-55(52)73-10)37-44(5)54-40-51(65)43(4)36-46(7)58(67)59(74-11)57(66)45(6)35-41(2)19-14-13-15-20-42(3)53(72-9)39-49-25-23-47(8)63(71,81-49)60(68)61(69)64-27-17-16-21-50(64)62(70)80-54;1-3-44-16-17-46-20-21-47-19-18-45-14-12-31(40)5-4-22-49(42,43)32-8-9-33(27(2)23-32)36(41)39-13-15-48-34-10-6-28(24-30(34)26-39)29-7-11-35(37)38-25-29/h13-15,19-20,36,41,43-45,47-55,58-59,65,67,71H,12,16-18,21-35,37-40H2,1-11H3;6-11,23-25H,3-5,12-22,26H2,1-2H3,(H2,37,38)/b15-13+,19-14+,42-20+,46-36+;/t41-,43-,44-,45-,47-,48+,49+,50+,51-,52-,53+,54+,55-,58-,59+,63-;/m1./s1. The van der Waals surface area contributed by atoms with Gasteiger partial charge in [-0.15, -0.1) is 0 Å². The van der Waals surface area contributed by atoms with Crippen LogP contribution in [0.15, 0.2) is 107 Å². The molecular weight excluding hydrogens is 1730 g/mol. The molecule has 0 radical (unpaired) electrons. The Kier molecular flexibility index (Phi) is 49.9. The summed E-state index contributed by atoms with van der Waals surface area (Å²) in [5.41, 5.74) is 10.7. The minimum atomic E-state index is -3.65. The molecule has 5 N–H and O–H groups in total. The maximum absolute atomic E-state index is 14.7. The number of carbonyl (C=O) groups is 6. The number of aliphatic hydroxyl groups excluding tert-OH is 2. The number of anilines is 1. The number of ketones is 3. The fraction of sp³-hybridized carbons (Fsp3) is 0.677. The molecule has 1 saturated carbocycles. The molecule has 131 heavy (non-hydrogen) atoms. The van der Waals surface area contributed by atoms with E-state index in [1.807, 2.05) is 96.2 Å². The number of Topliss-reactive ketones (excluding diaryl/α,β-unsaturated/α-hetero) is 3. The number of rotatable bonds is 41. The minimum absolute atomic E-state index is 0.00293. The second-order valence-corrected chi connectivity index (χ2v) is 37.5. The molecule has 734 valence electrons. The van der Waals surface area contributed by atoms with Crippen LogP contribution in [0.4, 0.5) is 5.82 Å². The molecular formula is C99H150N4O26S2. The molecule has 2 saturated heterocycles. The van der Waals surface area contributed by atoms with Crippen molar-refractivity contribution in [2.75, 3.05) is 158 Å². The number of nitrogens with zero attached hydrogens (tertiary/aromatic N) is 3. The van der Waals surface area contributed by atoms with Crippen LogP contribution in [0.2, 0.25) is 0 Å². The van der Waals surface area contributed by atoms with E-state index in [0.29, 0.717) is 223 Å². The van der Waals surface area contributed by atoms with Crippen LogP contribution in [0.5, 0.6) is 5.75 Å². The van der Waals surface area contributed by atoms with Gasteiger partial charge >= 0.3 is 5.97 Å². The Labute approximate surface area is 782 Å². The lowest BCUT2D eigenvalue weighted by Gasteiger charge is -2.43. The first-order valence-corrected chi connectivity index (χ1v) is 49.0. The van der Waals surface area contributed by atoms with Gasteiger partial charge in [0.2, 0.25) is 5.79 Å². The number of carbonyl (C=O) groups excluding carboxylic acids is 6. The van der Waals surface area contributed by atoms with Gasteiger partial charge < -0.3 is 102 Å². The molecule has 0 spiro atoms. The number of esters is 1. The first-order valence-electron chi connectivity index (χ1n) is 46.9. The first-order chi connectivity index (χ1) is 62.9. The molecule has 1 aliphatic carbocycles. The van der Waals surface area contributed by atoms with E-state index < -0.39 is 93.7 Å². The molecule has 3 fully saturated rings. The Morgan fingerprint density at radius 2 is 1.34 bits per heavy atom. The number of cyclic esters (lactones) is 1. The fourth-order valence-electron chi connectivity index (χ4n) is 17.0. The van der Waals surface area contributed by atoms with E-state index in [2.05, 4.69) is 4.98 Å². The highest BCUT2D eigenvalue weighted by atomic mass is 32.2. The molecule has 8 rings (SSSR count). The lowest BCUT2D eigenvalue weighted by atomic mass is 9.78. The number of sulfone groups is 1. The van der Waals surface area contributed by atoms with Gasteiger partial charge in [0.15, 0.2) is 20.7 Å². The Morgan fingerprint density at radius 1 is 0.679 bits per heavy atom. The van der Waals surface area contributed by atoms with Crippen molar-refractivity contribution in [1.29, 1.82) is 0 Å². The first kappa shape index (κ1) is 111. The van der Waals surface area contributed by atoms with Crippen LogP contribution in [0.3, 0.4) is 0 Å². The van der Waals surface area contributed by atoms with E-state index in [1.165, 1.54) is 24.1 Å². The van der Waals surface area contributed by atoms with Crippen LogP contribution in [-0.2, 0) is 107 Å². The number of hydrogen-bond donors (Lipinski definition) is 4. The van der Waals surface area contributed by atoms with Gasteiger partial charge in [0, 0.05) is 127 Å². The predicted molar refractivity (Wildman–Crippen MR) is 501 cm³/mol. The highest BCUT2D eigenvalue weighted by Crippen LogP contribution is 2.40. The normalized spacial score (nSPS) is 27.0. The number of aliphatic hydroxyl groups is 3. The number of amides is 2. The second kappa shape index (κ2) is 59.0. The van der Waals surface area contributed by atoms with Crippen LogP contribution in [-0.4, -0.2) is 292 Å². The van der Waals surface area contributed by atoms with Crippen molar-refractivity contribution in [3.63, 3.8) is 0 Å². The number of thiocarbonyl (C=S) groups is 1. The van der Waals surface area contributed by atoms with Crippen molar-refractivity contribution >= 4 is 68.1 Å². The zero-order chi connectivity index (χ0) is 95.4. The molecule has 5 aliphatic rings. The van der Waals surface area contributed by atoms with Gasteiger partial charge in [-0.2, -0.15) is 0 Å². The number of allylic oxidation sites excluding steroid dienone is 5. The van der Waals surface area contributed by atoms with E-state index in [1.54, 1.807) is 71.2 Å². The molecule has 2 aromatic carbocycles. The fourth-order valence-corrected chi connectivity index (χ4v) is 18.6. The van der Waals surface area contributed by atoms with Gasteiger partial charge in [0.25, 0.3) is 17.6 Å². The van der Waals surface area contributed by atoms with E-state index >= 15 is 0 Å². The highest BCUT2D eigenvalue weighted by Gasteiger charge is 2.53. The number of nitrogen functional groups attached to an aromatic ring is 1. The summed E-state index contributed by atoms with van der Waals surface area (Å²) in [7, 11) is 0.997. The third-order valence-electron chi connectivity index (χ3n) is 24.9. The summed E-state index contributed by atoms with van der Waals surface area (Å²) >= 11 is 5.67. The van der Waals surface area contributed by atoms with Crippen molar-refractivity contribution in [1.82, 2.24) is 14.8 Å².